The summed E-state index contributed by atoms with van der Waals surface area (Å²) in [6.07, 6.45) is 1.04. The molecule has 1 aliphatic rings. The molecule has 2 atom stereocenters. The zero-order valence-electron chi connectivity index (χ0n) is 18.2. The molecule has 1 aromatic carbocycles. The van der Waals surface area contributed by atoms with Crippen molar-refractivity contribution >= 4 is 26.1 Å². The van der Waals surface area contributed by atoms with Gasteiger partial charge in [-0.1, -0.05) is 11.3 Å². The van der Waals surface area contributed by atoms with Crippen LogP contribution in [0.2, 0.25) is 0 Å². The van der Waals surface area contributed by atoms with Crippen LogP contribution in [0.4, 0.5) is 0 Å². The van der Waals surface area contributed by atoms with E-state index in [1.807, 2.05) is 6.92 Å². The minimum Gasteiger partial charge on any atom is -0.495 e. The molecule has 8 nitrogen and oxygen atoms in total. The normalized spacial score (nSPS) is 22.4. The third-order valence-electron chi connectivity index (χ3n) is 5.76. The first kappa shape index (κ1) is 22.2. The van der Waals surface area contributed by atoms with Crippen molar-refractivity contribution in [1.29, 1.82) is 0 Å². The fraction of sp³-hybridized carbons (Fsp3) is 0.524. The lowest BCUT2D eigenvalue weighted by Crippen LogP contribution is -2.24. The summed E-state index contributed by atoms with van der Waals surface area (Å²) < 4.78 is 33.9. The van der Waals surface area contributed by atoms with Crippen molar-refractivity contribution in [1.82, 2.24) is 14.6 Å². The Hall–Kier alpha value is -2.01. The Labute approximate surface area is 185 Å². The van der Waals surface area contributed by atoms with Crippen molar-refractivity contribution in [3.05, 3.63) is 28.9 Å². The van der Waals surface area contributed by atoms with Crippen molar-refractivity contribution < 1.29 is 23.4 Å². The van der Waals surface area contributed by atoms with E-state index in [0.717, 1.165) is 0 Å². The first-order valence-corrected chi connectivity index (χ1v) is 12.4. The number of rotatable bonds is 5. The monoisotopic (exact) mass is 465 g/mol. The molecule has 0 aliphatic heterocycles. The third kappa shape index (κ3) is 3.86. The predicted octanol–water partition coefficient (Wildman–Crippen LogP) is 3.08. The molecule has 168 valence electrons. The fourth-order valence-electron chi connectivity index (χ4n) is 4.08. The van der Waals surface area contributed by atoms with Gasteiger partial charge in [-0.05, 0) is 65.2 Å². The van der Waals surface area contributed by atoms with Crippen molar-refractivity contribution in [3.63, 3.8) is 0 Å². The van der Waals surface area contributed by atoms with E-state index < -0.39 is 26.3 Å². The molecular formula is C21H27N3O5S2. The van der Waals surface area contributed by atoms with Crippen molar-refractivity contribution in [2.45, 2.75) is 68.3 Å². The number of imidazole rings is 1. The van der Waals surface area contributed by atoms with Crippen molar-refractivity contribution in [2.75, 3.05) is 7.11 Å². The molecule has 0 unspecified atom stereocenters. The number of sulfone groups is 1. The average molecular weight is 466 g/mol. The minimum atomic E-state index is -3.72. The molecule has 0 bridgehead atoms. The maximum absolute atomic E-state index is 13.4. The zero-order valence-corrected chi connectivity index (χ0v) is 19.8. The van der Waals surface area contributed by atoms with E-state index in [1.54, 1.807) is 43.5 Å². The number of ether oxygens (including phenoxy) is 1. The standard InChI is InChI=1S/C21H27N3O5S2/c1-12-17(24-19(22-12)30-18(23-24)20(2,3)25)13-6-7-15(29-5)16(10-13)31(27,28)14-8-9-21(4,26)11-14/h6-7,10,14,25-26H,8-9,11H2,1-5H3/t14-,21+/m1/s1. The van der Waals surface area contributed by atoms with Crippen LogP contribution >= 0.6 is 11.3 Å². The van der Waals surface area contributed by atoms with Gasteiger partial charge in [-0.15, -0.1) is 0 Å². The zero-order chi connectivity index (χ0) is 22.8. The Kier molecular flexibility index (Phi) is 5.20. The lowest BCUT2D eigenvalue weighted by atomic mass is 10.1. The smallest absolute Gasteiger partial charge is 0.213 e. The summed E-state index contributed by atoms with van der Waals surface area (Å²) in [6.45, 7) is 6.83. The average Bonchev–Trinajstić information content (AvgIpc) is 3.32. The van der Waals surface area contributed by atoms with Crippen LogP contribution in [-0.4, -0.2) is 51.2 Å². The molecule has 4 rings (SSSR count). The Balaban J connectivity index is 1.85. The molecule has 1 fully saturated rings. The van der Waals surface area contributed by atoms with Gasteiger partial charge in [0, 0.05) is 5.56 Å². The van der Waals surface area contributed by atoms with Crippen LogP contribution in [0.5, 0.6) is 5.75 Å². The van der Waals surface area contributed by atoms with Crippen LogP contribution in [0.1, 0.15) is 50.7 Å². The van der Waals surface area contributed by atoms with Gasteiger partial charge in [0.2, 0.25) is 4.96 Å². The topological polar surface area (TPSA) is 114 Å². The first-order chi connectivity index (χ1) is 14.3. The molecule has 1 saturated carbocycles. The molecule has 0 saturated heterocycles. The second kappa shape index (κ2) is 7.26. The summed E-state index contributed by atoms with van der Waals surface area (Å²) in [5.74, 6) is 0.268. The van der Waals surface area contributed by atoms with Crippen molar-refractivity contribution in [2.24, 2.45) is 0 Å². The van der Waals surface area contributed by atoms with Gasteiger partial charge in [-0.3, -0.25) is 0 Å². The first-order valence-electron chi connectivity index (χ1n) is 10.1. The molecule has 3 aromatic rings. The molecule has 0 spiro atoms. The molecule has 1 aliphatic carbocycles. The van der Waals surface area contributed by atoms with Gasteiger partial charge in [0.1, 0.15) is 21.3 Å². The summed E-state index contributed by atoms with van der Waals surface area (Å²) in [5.41, 5.74) is -0.0748. The second-order valence-electron chi connectivity index (χ2n) is 8.98. The summed E-state index contributed by atoms with van der Waals surface area (Å²) in [4.78, 5) is 5.27. The minimum absolute atomic E-state index is 0.0995. The maximum Gasteiger partial charge on any atom is 0.213 e. The van der Waals surface area contributed by atoms with E-state index in [9.17, 15) is 18.6 Å². The van der Waals surface area contributed by atoms with Crippen LogP contribution in [0, 0.1) is 6.92 Å². The lowest BCUT2D eigenvalue weighted by Gasteiger charge is -2.18. The van der Waals surface area contributed by atoms with Gasteiger partial charge < -0.3 is 14.9 Å². The highest BCUT2D eigenvalue weighted by Gasteiger charge is 2.42. The van der Waals surface area contributed by atoms with Crippen LogP contribution in [0.15, 0.2) is 23.1 Å². The quantitative estimate of drug-likeness (QED) is 0.595. The van der Waals surface area contributed by atoms with Crippen LogP contribution in [0.3, 0.4) is 0 Å². The van der Waals surface area contributed by atoms with Gasteiger partial charge in [0.25, 0.3) is 0 Å². The Morgan fingerprint density at radius 1 is 1.35 bits per heavy atom. The highest BCUT2D eigenvalue weighted by molar-refractivity contribution is 7.92. The summed E-state index contributed by atoms with van der Waals surface area (Å²) in [6, 6.07) is 5.01. The van der Waals surface area contributed by atoms with Crippen LogP contribution in [-0.2, 0) is 15.4 Å². The number of hydrogen-bond donors (Lipinski definition) is 2. The molecule has 31 heavy (non-hydrogen) atoms. The lowest BCUT2D eigenvalue weighted by molar-refractivity contribution is 0.0683. The van der Waals surface area contributed by atoms with E-state index in [2.05, 4.69) is 10.1 Å². The van der Waals surface area contributed by atoms with Crippen LogP contribution < -0.4 is 4.74 Å². The van der Waals surface area contributed by atoms with E-state index in [-0.39, 0.29) is 17.1 Å². The number of aliphatic hydroxyl groups is 2. The number of fused-ring (bicyclic) bond motifs is 1. The fourth-order valence-corrected chi connectivity index (χ4v) is 7.12. The van der Waals surface area contributed by atoms with Gasteiger partial charge >= 0.3 is 0 Å². The van der Waals surface area contributed by atoms with Gasteiger partial charge in [0.15, 0.2) is 9.84 Å². The number of methoxy groups -OCH3 is 1. The summed E-state index contributed by atoms with van der Waals surface area (Å²) in [7, 11) is -2.28. The molecular weight excluding hydrogens is 438 g/mol. The van der Waals surface area contributed by atoms with E-state index in [4.69, 9.17) is 4.74 Å². The van der Waals surface area contributed by atoms with Gasteiger partial charge in [-0.25, -0.2) is 17.9 Å². The highest BCUT2D eigenvalue weighted by Crippen LogP contribution is 2.40. The van der Waals surface area contributed by atoms with Gasteiger partial charge in [-0.2, -0.15) is 5.10 Å². The Morgan fingerprint density at radius 2 is 2.06 bits per heavy atom. The second-order valence-corrected chi connectivity index (χ2v) is 12.1. The Bertz CT molecular complexity index is 1250. The predicted molar refractivity (Wildman–Crippen MR) is 118 cm³/mol. The number of benzene rings is 1. The molecule has 2 aromatic heterocycles. The molecule has 10 heteroatoms. The number of nitrogens with zero attached hydrogens (tertiary/aromatic N) is 3. The SMILES string of the molecule is COc1ccc(-c2c(C)nc3sc(C(C)(C)O)nn23)cc1S(=O)(=O)[C@@H]1CC[C@](C)(O)C1. The largest absolute Gasteiger partial charge is 0.495 e. The molecule has 2 N–H and O–H groups in total. The number of hydrogen-bond acceptors (Lipinski definition) is 8. The third-order valence-corrected chi connectivity index (χ3v) is 9.19. The molecule has 0 amide bonds. The highest BCUT2D eigenvalue weighted by atomic mass is 32.2. The van der Waals surface area contributed by atoms with E-state index in [0.29, 0.717) is 39.8 Å². The summed E-state index contributed by atoms with van der Waals surface area (Å²) >= 11 is 1.29. The van der Waals surface area contributed by atoms with Crippen molar-refractivity contribution in [3.8, 4) is 17.0 Å². The Morgan fingerprint density at radius 3 is 2.65 bits per heavy atom. The van der Waals surface area contributed by atoms with Gasteiger partial charge in [0.05, 0.1) is 29.3 Å². The van der Waals surface area contributed by atoms with E-state index in [1.165, 1.54) is 18.4 Å². The number of aryl methyl sites for hydroxylation is 1. The van der Waals surface area contributed by atoms with E-state index >= 15 is 0 Å². The summed E-state index contributed by atoms with van der Waals surface area (Å²) in [5, 5.41) is 25.0. The van der Waals surface area contributed by atoms with Crippen LogP contribution in [0.25, 0.3) is 16.2 Å². The number of aromatic nitrogens is 3. The molecule has 2 heterocycles. The molecule has 0 radical (unpaired) electrons. The maximum atomic E-state index is 13.4.